The SMILES string of the molecule is CCOC(=O)C1SC(NC2C[C@H]3CC[C@H]2C3)=NC1=O. The summed E-state index contributed by atoms with van der Waals surface area (Å²) >= 11 is 1.20. The number of rotatable bonds is 3. The molecule has 0 radical (unpaired) electrons. The number of amides is 1. The molecule has 2 fully saturated rings. The van der Waals surface area contributed by atoms with Crippen LogP contribution in [-0.4, -0.2) is 34.9 Å². The van der Waals surface area contributed by atoms with Crippen molar-refractivity contribution in [3.8, 4) is 0 Å². The van der Waals surface area contributed by atoms with Gasteiger partial charge in [0, 0.05) is 6.04 Å². The van der Waals surface area contributed by atoms with Gasteiger partial charge in [0.25, 0.3) is 5.91 Å². The smallest absolute Gasteiger partial charge is 0.329 e. The van der Waals surface area contributed by atoms with E-state index in [4.69, 9.17) is 4.74 Å². The molecular formula is C13H18N2O3S. The van der Waals surface area contributed by atoms with Crippen molar-refractivity contribution in [2.45, 2.75) is 43.9 Å². The van der Waals surface area contributed by atoms with Crippen molar-refractivity contribution in [1.82, 2.24) is 5.32 Å². The third-order valence-corrected chi connectivity index (χ3v) is 5.28. The summed E-state index contributed by atoms with van der Waals surface area (Å²) in [6, 6.07) is 0.429. The number of ether oxygens (including phenoxy) is 1. The molecule has 19 heavy (non-hydrogen) atoms. The number of thioether (sulfide) groups is 1. The highest BCUT2D eigenvalue weighted by molar-refractivity contribution is 8.16. The average Bonchev–Trinajstić information content (AvgIpc) is 3.05. The van der Waals surface area contributed by atoms with Crippen molar-refractivity contribution in [2.75, 3.05) is 6.61 Å². The van der Waals surface area contributed by atoms with E-state index in [-0.39, 0.29) is 6.61 Å². The van der Waals surface area contributed by atoms with Crippen LogP contribution in [0.5, 0.6) is 0 Å². The van der Waals surface area contributed by atoms with E-state index >= 15 is 0 Å². The zero-order valence-corrected chi connectivity index (χ0v) is 11.7. The molecule has 5 nitrogen and oxygen atoms in total. The number of fused-ring (bicyclic) bond motifs is 2. The zero-order valence-electron chi connectivity index (χ0n) is 10.9. The maximum Gasteiger partial charge on any atom is 0.329 e. The van der Waals surface area contributed by atoms with E-state index < -0.39 is 17.1 Å². The molecule has 2 aliphatic carbocycles. The Morgan fingerprint density at radius 3 is 2.95 bits per heavy atom. The van der Waals surface area contributed by atoms with Crippen LogP contribution in [0.4, 0.5) is 0 Å². The topological polar surface area (TPSA) is 67.8 Å². The monoisotopic (exact) mass is 282 g/mol. The summed E-state index contributed by atoms with van der Waals surface area (Å²) in [4.78, 5) is 27.2. The molecule has 0 spiro atoms. The van der Waals surface area contributed by atoms with Crippen LogP contribution in [-0.2, 0) is 14.3 Å². The Bertz CT molecular complexity index is 438. The average molecular weight is 282 g/mol. The number of aliphatic imine (C=N–C) groups is 1. The maximum absolute atomic E-state index is 11.7. The first kappa shape index (κ1) is 13.0. The second-order valence-electron chi connectivity index (χ2n) is 5.43. The number of amidine groups is 1. The molecule has 3 aliphatic rings. The van der Waals surface area contributed by atoms with Crippen molar-refractivity contribution < 1.29 is 14.3 Å². The van der Waals surface area contributed by atoms with Crippen LogP contribution in [0.15, 0.2) is 4.99 Å². The van der Waals surface area contributed by atoms with E-state index in [9.17, 15) is 9.59 Å². The molecule has 0 aromatic heterocycles. The molecule has 0 saturated heterocycles. The van der Waals surface area contributed by atoms with E-state index in [1.807, 2.05) is 0 Å². The predicted octanol–water partition coefficient (Wildman–Crippen LogP) is 1.33. The summed E-state index contributed by atoms with van der Waals surface area (Å²) in [5, 5.41) is 3.14. The fourth-order valence-electron chi connectivity index (χ4n) is 3.36. The molecule has 1 N–H and O–H groups in total. The van der Waals surface area contributed by atoms with Crippen molar-refractivity contribution in [2.24, 2.45) is 16.8 Å². The number of nitrogens with zero attached hydrogens (tertiary/aromatic N) is 1. The van der Waals surface area contributed by atoms with Crippen LogP contribution < -0.4 is 5.32 Å². The summed E-state index contributed by atoms with van der Waals surface area (Å²) in [5.74, 6) is 0.677. The van der Waals surface area contributed by atoms with E-state index in [0.29, 0.717) is 17.1 Å². The Morgan fingerprint density at radius 1 is 1.47 bits per heavy atom. The van der Waals surface area contributed by atoms with Gasteiger partial charge in [0.2, 0.25) is 0 Å². The predicted molar refractivity (Wildman–Crippen MR) is 72.8 cm³/mol. The fraction of sp³-hybridized carbons (Fsp3) is 0.769. The first-order chi connectivity index (χ1) is 9.17. The summed E-state index contributed by atoms with van der Waals surface area (Å²) in [6.45, 7) is 2.02. The highest BCUT2D eigenvalue weighted by atomic mass is 32.2. The first-order valence-corrected chi connectivity index (χ1v) is 7.77. The van der Waals surface area contributed by atoms with Gasteiger partial charge in [0.05, 0.1) is 6.61 Å². The number of hydrogen-bond acceptors (Lipinski definition) is 5. The number of esters is 1. The summed E-state index contributed by atoms with van der Waals surface area (Å²) in [7, 11) is 0. The van der Waals surface area contributed by atoms with Crippen molar-refractivity contribution >= 4 is 28.8 Å². The van der Waals surface area contributed by atoms with E-state index in [1.54, 1.807) is 6.92 Å². The van der Waals surface area contributed by atoms with Crippen LogP contribution in [0.1, 0.15) is 32.6 Å². The second kappa shape index (κ2) is 5.15. The molecule has 1 aliphatic heterocycles. The number of carbonyl (C=O) groups is 2. The molecule has 1 amide bonds. The Hall–Kier alpha value is -1.04. The minimum absolute atomic E-state index is 0.290. The van der Waals surface area contributed by atoms with Gasteiger partial charge in [0.1, 0.15) is 0 Å². The van der Waals surface area contributed by atoms with Gasteiger partial charge in [-0.05, 0) is 38.0 Å². The van der Waals surface area contributed by atoms with Crippen molar-refractivity contribution in [3.05, 3.63) is 0 Å². The van der Waals surface area contributed by atoms with E-state index in [2.05, 4.69) is 10.3 Å². The number of nitrogens with one attached hydrogen (secondary N) is 1. The van der Waals surface area contributed by atoms with Crippen LogP contribution in [0, 0.1) is 11.8 Å². The van der Waals surface area contributed by atoms with E-state index in [1.165, 1.54) is 37.4 Å². The second-order valence-corrected chi connectivity index (χ2v) is 6.52. The van der Waals surface area contributed by atoms with Crippen molar-refractivity contribution in [3.63, 3.8) is 0 Å². The van der Waals surface area contributed by atoms with Gasteiger partial charge < -0.3 is 10.1 Å². The summed E-state index contributed by atoms with van der Waals surface area (Å²) < 4.78 is 4.88. The lowest BCUT2D eigenvalue weighted by Gasteiger charge is -2.23. The zero-order chi connectivity index (χ0) is 13.4. The largest absolute Gasteiger partial charge is 0.465 e. The minimum atomic E-state index is -0.805. The number of carbonyl (C=O) groups excluding carboxylic acids is 2. The van der Waals surface area contributed by atoms with Gasteiger partial charge in [-0.15, -0.1) is 0 Å². The van der Waals surface area contributed by atoms with Crippen LogP contribution in [0.2, 0.25) is 0 Å². The molecule has 6 heteroatoms. The molecule has 4 atom stereocenters. The fourth-order valence-corrected chi connectivity index (χ4v) is 4.26. The highest BCUT2D eigenvalue weighted by Gasteiger charge is 2.42. The minimum Gasteiger partial charge on any atom is -0.465 e. The first-order valence-electron chi connectivity index (χ1n) is 6.89. The lowest BCUT2D eigenvalue weighted by molar-refractivity contribution is -0.144. The lowest BCUT2D eigenvalue weighted by Crippen LogP contribution is -2.37. The number of hydrogen-bond donors (Lipinski definition) is 1. The van der Waals surface area contributed by atoms with E-state index in [0.717, 1.165) is 5.92 Å². The highest BCUT2D eigenvalue weighted by Crippen LogP contribution is 2.44. The van der Waals surface area contributed by atoms with Gasteiger partial charge in [-0.25, -0.2) is 0 Å². The molecule has 3 rings (SSSR count). The molecule has 104 valence electrons. The van der Waals surface area contributed by atoms with Gasteiger partial charge >= 0.3 is 5.97 Å². The molecule has 1 heterocycles. The molecule has 0 aromatic rings. The Labute approximate surface area is 116 Å². The Morgan fingerprint density at radius 2 is 2.32 bits per heavy atom. The molecule has 2 unspecified atom stereocenters. The standard InChI is InChI=1S/C13H18N2O3S/c1-2-18-12(17)10-11(16)15-13(19-10)14-9-6-7-3-4-8(9)5-7/h7-10H,2-6H2,1H3,(H,14,15,16)/t7-,8-,9?,10?/m0/s1. The van der Waals surface area contributed by atoms with Gasteiger partial charge in [0.15, 0.2) is 10.4 Å². The van der Waals surface area contributed by atoms with Gasteiger partial charge in [-0.3, -0.25) is 9.59 Å². The quantitative estimate of drug-likeness (QED) is 0.624. The lowest BCUT2D eigenvalue weighted by atomic mass is 9.96. The van der Waals surface area contributed by atoms with Crippen LogP contribution in [0.3, 0.4) is 0 Å². The third-order valence-electron chi connectivity index (χ3n) is 4.21. The third kappa shape index (κ3) is 2.50. The molecule has 2 bridgehead atoms. The van der Waals surface area contributed by atoms with Gasteiger partial charge in [-0.1, -0.05) is 18.2 Å². The van der Waals surface area contributed by atoms with Crippen molar-refractivity contribution in [1.29, 1.82) is 0 Å². The molecular weight excluding hydrogens is 264 g/mol. The maximum atomic E-state index is 11.7. The normalized spacial score (nSPS) is 36.5. The molecule has 0 aromatic carbocycles. The Balaban J connectivity index is 1.57. The summed E-state index contributed by atoms with van der Waals surface area (Å²) in [5.41, 5.74) is 0. The summed E-state index contributed by atoms with van der Waals surface area (Å²) in [6.07, 6.45) is 5.08. The Kier molecular flexibility index (Phi) is 3.52. The van der Waals surface area contributed by atoms with Crippen LogP contribution >= 0.6 is 11.8 Å². The van der Waals surface area contributed by atoms with Crippen LogP contribution in [0.25, 0.3) is 0 Å². The van der Waals surface area contributed by atoms with Gasteiger partial charge in [-0.2, -0.15) is 4.99 Å². The molecule has 2 saturated carbocycles.